The molecule has 4 nitrogen and oxygen atoms in total. The van der Waals surface area contributed by atoms with Gasteiger partial charge in [-0.3, -0.25) is 0 Å². The van der Waals surface area contributed by atoms with Gasteiger partial charge in [0, 0.05) is 38.0 Å². The Morgan fingerprint density at radius 1 is 1.31 bits per heavy atom. The Balaban J connectivity index is 2.46. The number of aliphatic hydroxyl groups is 1. The Kier molecular flexibility index (Phi) is 4.71. The van der Waals surface area contributed by atoms with Crippen molar-refractivity contribution in [2.45, 2.75) is 25.9 Å². The van der Waals surface area contributed by atoms with Gasteiger partial charge in [0.25, 0.3) is 0 Å². The van der Waals surface area contributed by atoms with E-state index in [1.165, 1.54) is 0 Å². The van der Waals surface area contributed by atoms with Crippen LogP contribution in [0.3, 0.4) is 0 Å². The largest absolute Gasteiger partial charge is 0.478 e. The normalized spacial score (nSPS) is 11.5. The molecule has 90 valence electrons. The molecular formula is C12H19NO3. The van der Waals surface area contributed by atoms with Crippen molar-refractivity contribution in [3.63, 3.8) is 0 Å². The molecule has 0 bridgehead atoms. The molecule has 1 rings (SSSR count). The lowest BCUT2D eigenvalue weighted by atomic mass is 10.0. The number of pyridine rings is 1. The number of rotatable bonds is 6. The van der Waals surface area contributed by atoms with Gasteiger partial charge in [-0.2, -0.15) is 0 Å². The van der Waals surface area contributed by atoms with E-state index >= 15 is 0 Å². The fraction of sp³-hybridized carbons (Fsp3) is 0.583. The molecule has 0 aliphatic heterocycles. The minimum Gasteiger partial charge on any atom is -0.478 e. The monoisotopic (exact) mass is 225 g/mol. The topological polar surface area (TPSA) is 51.6 Å². The zero-order valence-corrected chi connectivity index (χ0v) is 10.1. The summed E-state index contributed by atoms with van der Waals surface area (Å²) in [6, 6.07) is 3.58. The lowest BCUT2D eigenvalue weighted by molar-refractivity contribution is 0.0781. The third kappa shape index (κ3) is 4.16. The van der Waals surface area contributed by atoms with Crippen molar-refractivity contribution in [1.82, 2.24) is 4.98 Å². The van der Waals surface area contributed by atoms with Gasteiger partial charge in [-0.1, -0.05) is 0 Å². The van der Waals surface area contributed by atoms with Crippen molar-refractivity contribution in [2.24, 2.45) is 0 Å². The van der Waals surface area contributed by atoms with Crippen LogP contribution >= 0.6 is 0 Å². The van der Waals surface area contributed by atoms with Gasteiger partial charge in [0.1, 0.15) is 0 Å². The lowest BCUT2D eigenvalue weighted by Crippen LogP contribution is -2.15. The zero-order chi connectivity index (χ0) is 12.0. The molecule has 1 aromatic rings. The van der Waals surface area contributed by atoms with Crippen LogP contribution in [-0.2, 0) is 10.3 Å². The number of nitrogens with zero attached hydrogens (tertiary/aromatic N) is 1. The summed E-state index contributed by atoms with van der Waals surface area (Å²) in [5, 5.41) is 9.73. The third-order valence-corrected chi connectivity index (χ3v) is 2.19. The van der Waals surface area contributed by atoms with Crippen LogP contribution in [0.15, 0.2) is 18.3 Å². The van der Waals surface area contributed by atoms with E-state index in [2.05, 4.69) is 4.98 Å². The van der Waals surface area contributed by atoms with Gasteiger partial charge < -0.3 is 14.6 Å². The Hall–Kier alpha value is -1.13. The molecule has 0 aromatic carbocycles. The molecule has 0 saturated carbocycles. The van der Waals surface area contributed by atoms with Crippen molar-refractivity contribution < 1.29 is 14.6 Å². The second-order valence-electron chi connectivity index (χ2n) is 4.14. The highest BCUT2D eigenvalue weighted by Gasteiger charge is 2.15. The molecule has 0 atom stereocenters. The Bertz CT molecular complexity index is 303. The van der Waals surface area contributed by atoms with Gasteiger partial charge in [0.2, 0.25) is 5.88 Å². The summed E-state index contributed by atoms with van der Waals surface area (Å²) in [6.07, 6.45) is 2.47. The van der Waals surface area contributed by atoms with Crippen molar-refractivity contribution in [2.75, 3.05) is 20.3 Å². The highest BCUT2D eigenvalue weighted by atomic mass is 16.5. The van der Waals surface area contributed by atoms with Crippen LogP contribution < -0.4 is 4.74 Å². The Morgan fingerprint density at radius 2 is 2.06 bits per heavy atom. The minimum absolute atomic E-state index is 0.573. The summed E-state index contributed by atoms with van der Waals surface area (Å²) >= 11 is 0. The first-order valence-corrected chi connectivity index (χ1v) is 5.34. The van der Waals surface area contributed by atoms with Crippen molar-refractivity contribution in [1.29, 1.82) is 0 Å². The molecule has 0 saturated heterocycles. The van der Waals surface area contributed by atoms with E-state index in [4.69, 9.17) is 9.47 Å². The summed E-state index contributed by atoms with van der Waals surface area (Å²) in [7, 11) is 1.66. The van der Waals surface area contributed by atoms with E-state index in [1.54, 1.807) is 33.2 Å². The standard InChI is InChI=1S/C12H19NO3/c1-12(2,14)10-5-6-11(13-9-10)16-8-4-7-15-3/h5-6,9,14H,4,7-8H2,1-3H3. The van der Waals surface area contributed by atoms with Crippen LogP contribution in [0.1, 0.15) is 25.8 Å². The molecule has 0 unspecified atom stereocenters. The highest BCUT2D eigenvalue weighted by molar-refractivity contribution is 5.21. The molecule has 16 heavy (non-hydrogen) atoms. The van der Waals surface area contributed by atoms with Crippen LogP contribution in [0.2, 0.25) is 0 Å². The predicted molar refractivity (Wildman–Crippen MR) is 61.5 cm³/mol. The first-order chi connectivity index (χ1) is 7.54. The third-order valence-electron chi connectivity index (χ3n) is 2.19. The van der Waals surface area contributed by atoms with E-state index < -0.39 is 5.60 Å². The highest BCUT2D eigenvalue weighted by Crippen LogP contribution is 2.20. The van der Waals surface area contributed by atoms with Gasteiger partial charge in [-0.15, -0.1) is 0 Å². The van der Waals surface area contributed by atoms with E-state index in [0.717, 1.165) is 12.0 Å². The molecule has 0 spiro atoms. The predicted octanol–water partition coefficient (Wildman–Crippen LogP) is 1.72. The zero-order valence-electron chi connectivity index (χ0n) is 10.1. The molecular weight excluding hydrogens is 206 g/mol. The summed E-state index contributed by atoms with van der Waals surface area (Å²) in [5.41, 5.74) is -0.0848. The molecule has 4 heteroatoms. The maximum Gasteiger partial charge on any atom is 0.213 e. The summed E-state index contributed by atoms with van der Waals surface area (Å²) in [6.45, 7) is 4.72. The molecule has 1 heterocycles. The number of hydrogen-bond acceptors (Lipinski definition) is 4. The van der Waals surface area contributed by atoms with Gasteiger partial charge in [-0.05, 0) is 19.9 Å². The molecule has 1 N–H and O–H groups in total. The van der Waals surface area contributed by atoms with Gasteiger partial charge in [0.05, 0.1) is 12.2 Å². The second-order valence-corrected chi connectivity index (χ2v) is 4.14. The van der Waals surface area contributed by atoms with Gasteiger partial charge in [0.15, 0.2) is 0 Å². The van der Waals surface area contributed by atoms with Crippen LogP contribution in [-0.4, -0.2) is 30.4 Å². The van der Waals surface area contributed by atoms with Gasteiger partial charge >= 0.3 is 0 Å². The van der Waals surface area contributed by atoms with Gasteiger partial charge in [-0.25, -0.2) is 4.98 Å². The van der Waals surface area contributed by atoms with E-state index in [1.807, 2.05) is 6.07 Å². The second kappa shape index (κ2) is 5.82. The van der Waals surface area contributed by atoms with Crippen molar-refractivity contribution in [3.05, 3.63) is 23.9 Å². The number of aromatic nitrogens is 1. The van der Waals surface area contributed by atoms with E-state index in [0.29, 0.717) is 19.1 Å². The van der Waals surface area contributed by atoms with Crippen LogP contribution in [0.25, 0.3) is 0 Å². The maximum atomic E-state index is 9.73. The summed E-state index contributed by atoms with van der Waals surface area (Å²) < 4.78 is 10.3. The Morgan fingerprint density at radius 3 is 2.56 bits per heavy atom. The summed E-state index contributed by atoms with van der Waals surface area (Å²) in [5.74, 6) is 0.573. The Labute approximate surface area is 96.2 Å². The first-order valence-electron chi connectivity index (χ1n) is 5.34. The van der Waals surface area contributed by atoms with E-state index in [9.17, 15) is 5.11 Å². The fourth-order valence-corrected chi connectivity index (χ4v) is 1.21. The van der Waals surface area contributed by atoms with Crippen LogP contribution in [0.4, 0.5) is 0 Å². The molecule has 1 aromatic heterocycles. The minimum atomic E-state index is -0.860. The maximum absolute atomic E-state index is 9.73. The molecule has 0 fully saturated rings. The molecule has 0 radical (unpaired) electrons. The fourth-order valence-electron chi connectivity index (χ4n) is 1.21. The molecule has 0 aliphatic carbocycles. The van der Waals surface area contributed by atoms with Crippen molar-refractivity contribution in [3.8, 4) is 5.88 Å². The number of hydrogen-bond donors (Lipinski definition) is 1. The molecule has 0 aliphatic rings. The van der Waals surface area contributed by atoms with E-state index in [-0.39, 0.29) is 0 Å². The quantitative estimate of drug-likeness (QED) is 0.749. The number of methoxy groups -OCH3 is 1. The van der Waals surface area contributed by atoms with Crippen LogP contribution in [0, 0.1) is 0 Å². The number of ether oxygens (including phenoxy) is 2. The smallest absolute Gasteiger partial charge is 0.213 e. The molecule has 0 amide bonds. The van der Waals surface area contributed by atoms with Crippen LogP contribution in [0.5, 0.6) is 5.88 Å². The SMILES string of the molecule is COCCCOc1ccc(C(C)(C)O)cn1. The average molecular weight is 225 g/mol. The first kappa shape index (κ1) is 12.9. The lowest BCUT2D eigenvalue weighted by Gasteiger charge is -2.17. The summed E-state index contributed by atoms with van der Waals surface area (Å²) in [4.78, 5) is 4.12. The van der Waals surface area contributed by atoms with Crippen molar-refractivity contribution >= 4 is 0 Å². The average Bonchev–Trinajstić information content (AvgIpc) is 2.24.